The van der Waals surface area contributed by atoms with E-state index in [2.05, 4.69) is 74.6 Å². The molecule has 0 aromatic rings. The summed E-state index contributed by atoms with van der Waals surface area (Å²) in [6.45, 7) is 3.37. The summed E-state index contributed by atoms with van der Waals surface area (Å²) in [6.07, 6.45) is 51.8. The largest absolute Gasteiger partial charge is 0.472 e. The summed E-state index contributed by atoms with van der Waals surface area (Å²) >= 11 is 0. The highest BCUT2D eigenvalue weighted by molar-refractivity contribution is 7.47. The van der Waals surface area contributed by atoms with Crippen LogP contribution < -0.4 is 0 Å². The zero-order chi connectivity index (χ0) is 42.5. The van der Waals surface area contributed by atoms with E-state index < -0.39 is 39.2 Å². The zero-order valence-electron chi connectivity index (χ0n) is 37.0. The topological polar surface area (TPSA) is 132 Å². The number of aliphatic hydroxyl groups excluding tert-OH is 2. The first kappa shape index (κ1) is 56.2. The van der Waals surface area contributed by atoms with Gasteiger partial charge >= 0.3 is 13.8 Å². The number of esters is 1. The minimum absolute atomic E-state index is 0.0380. The van der Waals surface area contributed by atoms with Crippen LogP contribution in [-0.4, -0.2) is 66.3 Å². The van der Waals surface area contributed by atoms with E-state index in [4.69, 9.17) is 23.6 Å². The summed E-state index contributed by atoms with van der Waals surface area (Å²) in [5.74, 6) is -0.401. The van der Waals surface area contributed by atoms with Gasteiger partial charge in [-0.25, -0.2) is 4.57 Å². The highest BCUT2D eigenvalue weighted by atomic mass is 31.2. The predicted octanol–water partition coefficient (Wildman–Crippen LogP) is 13.1. The number of phosphoric acid groups is 1. The lowest BCUT2D eigenvalue weighted by atomic mass is 10.1. The summed E-state index contributed by atoms with van der Waals surface area (Å²) < 4.78 is 33.4. The SMILES string of the molecule is CC/C=C\C/C=C\C/C=C\CCCCCCCC(=O)OC(COCCCCCCCCCCCC/C=C\C/C=C\CCCCCCC)COP(=O)(O)OCC(O)CO. The van der Waals surface area contributed by atoms with Gasteiger partial charge in [0.2, 0.25) is 0 Å². The van der Waals surface area contributed by atoms with Crippen LogP contribution in [-0.2, 0) is 27.9 Å². The number of carbonyl (C=O) groups is 1. The third kappa shape index (κ3) is 43.7. The lowest BCUT2D eigenvalue weighted by Gasteiger charge is -2.20. The summed E-state index contributed by atoms with van der Waals surface area (Å²) in [6, 6.07) is 0. The standard InChI is InChI=1S/C48H87O9P/c1-3-5-7-9-11-13-15-17-19-20-21-22-23-24-25-27-29-31-33-35-37-39-41-54-44-47(45-56-58(52,53)55-43-46(50)42-49)57-48(51)40-38-36-34-32-30-28-26-18-16-14-12-10-8-6-4-2/h6,8,12,14-15,17-18,20-21,26,46-47,49-50H,3-5,7,9-11,13,16,19,22-25,27-45H2,1-2H3,(H,52,53)/b8-6-,14-12-,17-15-,21-20-,26-18-. The van der Waals surface area contributed by atoms with Gasteiger partial charge in [0.1, 0.15) is 12.2 Å². The molecule has 0 amide bonds. The Hall–Kier alpha value is -1.84. The molecular formula is C48H87O9P. The third-order valence-corrected chi connectivity index (χ3v) is 10.6. The molecule has 0 aromatic heterocycles. The van der Waals surface area contributed by atoms with Crippen LogP contribution >= 0.6 is 7.82 Å². The van der Waals surface area contributed by atoms with Gasteiger partial charge in [-0.2, -0.15) is 0 Å². The third-order valence-electron chi connectivity index (χ3n) is 9.69. The van der Waals surface area contributed by atoms with Crippen LogP contribution in [0.1, 0.15) is 194 Å². The van der Waals surface area contributed by atoms with Crippen molar-refractivity contribution >= 4 is 13.8 Å². The van der Waals surface area contributed by atoms with Crippen molar-refractivity contribution in [3.8, 4) is 0 Å². The molecule has 0 aliphatic heterocycles. The highest BCUT2D eigenvalue weighted by Crippen LogP contribution is 2.43. The Balaban J connectivity index is 4.13. The fourth-order valence-corrected chi connectivity index (χ4v) is 6.95. The second kappa shape index (κ2) is 44.7. The monoisotopic (exact) mass is 839 g/mol. The molecule has 3 atom stereocenters. The van der Waals surface area contributed by atoms with Gasteiger partial charge in [0.25, 0.3) is 0 Å². The van der Waals surface area contributed by atoms with Crippen LogP contribution in [0.4, 0.5) is 0 Å². The molecule has 0 bridgehead atoms. The maximum atomic E-state index is 12.6. The van der Waals surface area contributed by atoms with Gasteiger partial charge in [-0.3, -0.25) is 13.8 Å². The van der Waals surface area contributed by atoms with Gasteiger partial charge in [-0.1, -0.05) is 171 Å². The number of hydrogen-bond donors (Lipinski definition) is 3. The molecule has 338 valence electrons. The first-order valence-corrected chi connectivity index (χ1v) is 24.8. The van der Waals surface area contributed by atoms with Crippen LogP contribution in [0.3, 0.4) is 0 Å². The Morgan fingerprint density at radius 1 is 0.552 bits per heavy atom. The lowest BCUT2D eigenvalue weighted by Crippen LogP contribution is -2.29. The van der Waals surface area contributed by atoms with E-state index in [0.717, 1.165) is 77.0 Å². The molecule has 0 heterocycles. The fourth-order valence-electron chi connectivity index (χ4n) is 6.16. The van der Waals surface area contributed by atoms with Gasteiger partial charge < -0.3 is 24.6 Å². The molecule has 0 aromatic carbocycles. The van der Waals surface area contributed by atoms with E-state index in [1.807, 2.05) is 0 Å². The Kier molecular flexibility index (Phi) is 43.3. The molecule has 58 heavy (non-hydrogen) atoms. The molecule has 0 rings (SSSR count). The van der Waals surface area contributed by atoms with Crippen LogP contribution in [0.5, 0.6) is 0 Å². The molecule has 0 saturated carbocycles. The number of ether oxygens (including phenoxy) is 2. The van der Waals surface area contributed by atoms with E-state index in [-0.39, 0.29) is 19.6 Å². The molecule has 0 aliphatic carbocycles. The molecule has 3 unspecified atom stereocenters. The Labute approximate surface area is 355 Å². The van der Waals surface area contributed by atoms with E-state index in [1.54, 1.807) is 0 Å². The molecule has 9 nitrogen and oxygen atoms in total. The lowest BCUT2D eigenvalue weighted by molar-refractivity contribution is -0.154. The van der Waals surface area contributed by atoms with E-state index in [0.29, 0.717) is 13.0 Å². The molecule has 0 radical (unpaired) electrons. The first-order chi connectivity index (χ1) is 28.3. The van der Waals surface area contributed by atoms with E-state index in [9.17, 15) is 19.4 Å². The average Bonchev–Trinajstić information content (AvgIpc) is 3.21. The van der Waals surface area contributed by atoms with E-state index >= 15 is 0 Å². The van der Waals surface area contributed by atoms with Gasteiger partial charge in [0, 0.05) is 13.0 Å². The van der Waals surface area contributed by atoms with Gasteiger partial charge in [0.15, 0.2) is 0 Å². The summed E-state index contributed by atoms with van der Waals surface area (Å²) in [5, 5.41) is 18.4. The summed E-state index contributed by atoms with van der Waals surface area (Å²) in [7, 11) is -4.53. The van der Waals surface area contributed by atoms with Crippen molar-refractivity contribution < 1.29 is 43.0 Å². The molecule has 0 fully saturated rings. The van der Waals surface area contributed by atoms with Crippen molar-refractivity contribution in [1.29, 1.82) is 0 Å². The van der Waals surface area contributed by atoms with Crippen LogP contribution in [0.2, 0.25) is 0 Å². The normalized spacial score (nSPS) is 14.5. The smallest absolute Gasteiger partial charge is 0.457 e. The number of phosphoric ester groups is 1. The predicted molar refractivity (Wildman–Crippen MR) is 242 cm³/mol. The molecule has 3 N–H and O–H groups in total. The second-order valence-electron chi connectivity index (χ2n) is 15.4. The van der Waals surface area contributed by atoms with Gasteiger partial charge in [-0.15, -0.1) is 0 Å². The molecule has 0 aliphatic rings. The van der Waals surface area contributed by atoms with Crippen molar-refractivity contribution in [3.05, 3.63) is 60.8 Å². The maximum Gasteiger partial charge on any atom is 0.472 e. The molecular weight excluding hydrogens is 751 g/mol. The Morgan fingerprint density at radius 3 is 1.48 bits per heavy atom. The maximum absolute atomic E-state index is 12.6. The molecule has 10 heteroatoms. The van der Waals surface area contributed by atoms with Crippen molar-refractivity contribution in [2.24, 2.45) is 0 Å². The number of aliphatic hydroxyl groups is 2. The number of allylic oxidation sites excluding steroid dienone is 10. The quantitative estimate of drug-likeness (QED) is 0.0237. The Morgan fingerprint density at radius 2 is 0.983 bits per heavy atom. The first-order valence-electron chi connectivity index (χ1n) is 23.3. The van der Waals surface area contributed by atoms with Crippen molar-refractivity contribution in [3.63, 3.8) is 0 Å². The number of unbranched alkanes of at least 4 members (excludes halogenated alkanes) is 20. The number of rotatable bonds is 44. The summed E-state index contributed by atoms with van der Waals surface area (Å²) in [5.41, 5.74) is 0. The number of hydrogen-bond acceptors (Lipinski definition) is 8. The molecule has 0 saturated heterocycles. The zero-order valence-corrected chi connectivity index (χ0v) is 37.9. The van der Waals surface area contributed by atoms with Crippen molar-refractivity contribution in [2.45, 2.75) is 206 Å². The second-order valence-corrected chi connectivity index (χ2v) is 16.8. The van der Waals surface area contributed by atoms with Crippen LogP contribution in [0.15, 0.2) is 60.8 Å². The van der Waals surface area contributed by atoms with Crippen LogP contribution in [0.25, 0.3) is 0 Å². The van der Waals surface area contributed by atoms with Crippen LogP contribution in [0, 0.1) is 0 Å². The highest BCUT2D eigenvalue weighted by Gasteiger charge is 2.26. The summed E-state index contributed by atoms with van der Waals surface area (Å²) in [4.78, 5) is 22.6. The fraction of sp³-hybridized carbons (Fsp3) is 0.771. The van der Waals surface area contributed by atoms with Crippen molar-refractivity contribution in [1.82, 2.24) is 0 Å². The van der Waals surface area contributed by atoms with E-state index in [1.165, 1.54) is 89.9 Å². The molecule has 0 spiro atoms. The van der Waals surface area contributed by atoms with Crippen molar-refractivity contribution in [2.75, 3.05) is 33.0 Å². The minimum Gasteiger partial charge on any atom is -0.457 e. The van der Waals surface area contributed by atoms with Gasteiger partial charge in [-0.05, 0) is 77.0 Å². The minimum atomic E-state index is -4.53. The number of carbonyl (C=O) groups excluding carboxylic acids is 1. The Bertz CT molecular complexity index is 1090. The average molecular weight is 839 g/mol. The van der Waals surface area contributed by atoms with Gasteiger partial charge in [0.05, 0.1) is 26.4 Å².